The van der Waals surface area contributed by atoms with Crippen LogP contribution >= 0.6 is 11.6 Å². The van der Waals surface area contributed by atoms with Gasteiger partial charge in [0, 0.05) is 11.4 Å². The van der Waals surface area contributed by atoms with Crippen LogP contribution in [-0.2, 0) is 21.6 Å². The van der Waals surface area contributed by atoms with E-state index in [0.717, 1.165) is 0 Å². The van der Waals surface area contributed by atoms with Crippen LogP contribution in [0, 0.1) is 0 Å². The quantitative estimate of drug-likeness (QED) is 0.845. The van der Waals surface area contributed by atoms with E-state index >= 15 is 0 Å². The summed E-state index contributed by atoms with van der Waals surface area (Å²) in [6, 6.07) is 4.09. The molecule has 1 rings (SSSR count). The molecule has 6 heteroatoms. The van der Waals surface area contributed by atoms with E-state index in [0.29, 0.717) is 5.56 Å². The second-order valence-corrected chi connectivity index (χ2v) is 4.72. The van der Waals surface area contributed by atoms with Crippen LogP contribution in [0.3, 0.4) is 0 Å². The molecule has 0 spiro atoms. The predicted molar refractivity (Wildman–Crippen MR) is 52.1 cm³/mol. The zero-order valence-corrected chi connectivity index (χ0v) is 8.81. The molecule has 0 amide bonds. The molecule has 0 saturated carbocycles. The fourth-order valence-corrected chi connectivity index (χ4v) is 1.90. The van der Waals surface area contributed by atoms with Gasteiger partial charge < -0.3 is 0 Å². The predicted octanol–water partition coefficient (Wildman–Crippen LogP) is 0.960. The Labute approximate surface area is 87.4 Å². The monoisotopic (exact) mass is 234 g/mol. The highest BCUT2D eigenvalue weighted by atomic mass is 35.5. The Morgan fingerprint density at radius 3 is 2.43 bits per heavy atom. The Balaban J connectivity index is 3.13. The Bertz CT molecular complexity index is 430. The summed E-state index contributed by atoms with van der Waals surface area (Å²) in [6.07, 6.45) is 0.281. The van der Waals surface area contributed by atoms with E-state index in [9.17, 15) is 13.5 Å². The summed E-state index contributed by atoms with van der Waals surface area (Å²) in [5.41, 5.74) is 0.633. The first-order valence-electron chi connectivity index (χ1n) is 3.84. The van der Waals surface area contributed by atoms with Crippen LogP contribution in [-0.4, -0.2) is 15.0 Å². The van der Waals surface area contributed by atoms with Gasteiger partial charge in [-0.3, -0.25) is 0 Å². The van der Waals surface area contributed by atoms with E-state index in [-0.39, 0.29) is 22.9 Å². The first-order valence-corrected chi connectivity index (χ1v) is 5.77. The van der Waals surface area contributed by atoms with Gasteiger partial charge in [0.25, 0.3) is 0 Å². The molecule has 0 aliphatic heterocycles. The second kappa shape index (κ2) is 4.27. The normalized spacial score (nSPS) is 11.6. The van der Waals surface area contributed by atoms with Crippen molar-refractivity contribution in [1.29, 1.82) is 0 Å². The van der Waals surface area contributed by atoms with Gasteiger partial charge in [-0.05, 0) is 17.7 Å². The van der Waals surface area contributed by atoms with E-state index < -0.39 is 10.0 Å². The molecule has 1 radical (unpaired) electrons. The summed E-state index contributed by atoms with van der Waals surface area (Å²) >= 11 is 5.76. The number of sulfonamides is 1. The van der Waals surface area contributed by atoms with Gasteiger partial charge >= 0.3 is 0 Å². The first kappa shape index (κ1) is 11.5. The third-order valence-corrected chi connectivity index (χ3v) is 2.99. The maximum Gasteiger partial charge on any atom is 0.238 e. The highest BCUT2D eigenvalue weighted by Crippen LogP contribution is 2.20. The van der Waals surface area contributed by atoms with Crippen LogP contribution in [0.2, 0.25) is 5.02 Å². The summed E-state index contributed by atoms with van der Waals surface area (Å²) in [7, 11) is -3.72. The second-order valence-electron chi connectivity index (χ2n) is 2.75. The summed E-state index contributed by atoms with van der Waals surface area (Å²) in [5.74, 6) is 0. The van der Waals surface area contributed by atoms with Gasteiger partial charge in [0.1, 0.15) is 0 Å². The van der Waals surface area contributed by atoms with Crippen LogP contribution in [0.25, 0.3) is 0 Å². The van der Waals surface area contributed by atoms with E-state index in [4.69, 9.17) is 16.7 Å². The Morgan fingerprint density at radius 2 is 2.00 bits per heavy atom. The summed E-state index contributed by atoms with van der Waals surface area (Å²) in [5, 5.41) is 15.5. The van der Waals surface area contributed by atoms with Gasteiger partial charge in [-0.2, -0.15) is 0 Å². The molecule has 0 atom stereocenters. The van der Waals surface area contributed by atoms with Crippen molar-refractivity contribution in [2.45, 2.75) is 11.3 Å². The number of hydrogen-bond donors (Lipinski definition) is 1. The standard InChI is InChI=1S/C8H9ClNO3S/c9-8-5-7(14(10,12)13)2-1-6(8)3-4-11/h1-2,5H,3-4H2,(H2,10,12,13). The molecule has 14 heavy (non-hydrogen) atoms. The van der Waals surface area contributed by atoms with E-state index in [1.54, 1.807) is 0 Å². The SMILES string of the molecule is NS(=O)(=O)c1ccc(CC[O])c(Cl)c1. The molecule has 1 aromatic rings. The van der Waals surface area contributed by atoms with Gasteiger partial charge in [-0.25, -0.2) is 18.7 Å². The smallest absolute Gasteiger partial charge is 0.236 e. The Kier molecular flexibility index (Phi) is 3.49. The largest absolute Gasteiger partial charge is 0.238 e. The summed E-state index contributed by atoms with van der Waals surface area (Å²) in [4.78, 5) is -0.0443. The van der Waals surface area contributed by atoms with E-state index in [2.05, 4.69) is 0 Å². The van der Waals surface area contributed by atoms with Gasteiger partial charge in [-0.1, -0.05) is 17.7 Å². The number of hydrogen-bond acceptors (Lipinski definition) is 2. The van der Waals surface area contributed by atoms with Crippen LogP contribution in [0.5, 0.6) is 0 Å². The van der Waals surface area contributed by atoms with Crippen molar-refractivity contribution >= 4 is 21.6 Å². The molecule has 0 saturated heterocycles. The summed E-state index contributed by atoms with van der Waals surface area (Å²) in [6.45, 7) is -0.283. The molecule has 0 aliphatic rings. The number of benzene rings is 1. The molecule has 0 bridgehead atoms. The lowest BCUT2D eigenvalue weighted by atomic mass is 10.2. The van der Waals surface area contributed by atoms with Crippen LogP contribution < -0.4 is 5.14 Å². The maximum absolute atomic E-state index is 10.9. The third kappa shape index (κ3) is 2.68. The van der Waals surface area contributed by atoms with Gasteiger partial charge in [0.05, 0.1) is 11.5 Å². The average Bonchev–Trinajstić information content (AvgIpc) is 2.07. The minimum atomic E-state index is -3.72. The highest BCUT2D eigenvalue weighted by Gasteiger charge is 2.09. The fourth-order valence-electron chi connectivity index (χ4n) is 1.02. The van der Waals surface area contributed by atoms with Crippen molar-refractivity contribution in [3.05, 3.63) is 28.8 Å². The topological polar surface area (TPSA) is 80.1 Å². The lowest BCUT2D eigenvalue weighted by Gasteiger charge is -2.03. The number of nitrogens with two attached hydrogens (primary N) is 1. The molecule has 77 valence electrons. The van der Waals surface area contributed by atoms with Crippen LogP contribution in [0.1, 0.15) is 5.56 Å². The third-order valence-electron chi connectivity index (χ3n) is 1.72. The molecule has 4 nitrogen and oxygen atoms in total. The zero-order valence-electron chi connectivity index (χ0n) is 7.23. The molecule has 1 aromatic carbocycles. The molecule has 0 unspecified atom stereocenters. The average molecular weight is 235 g/mol. The number of primary sulfonamides is 1. The highest BCUT2D eigenvalue weighted by molar-refractivity contribution is 7.89. The maximum atomic E-state index is 10.9. The molecule has 0 aromatic heterocycles. The molecule has 0 heterocycles. The zero-order chi connectivity index (χ0) is 10.8. The Hall–Kier alpha value is -0.620. The van der Waals surface area contributed by atoms with Crippen molar-refractivity contribution in [3.8, 4) is 0 Å². The molecular formula is C8H9ClNO3S. The number of rotatable bonds is 3. The number of halogens is 1. The van der Waals surface area contributed by atoms with Crippen molar-refractivity contribution in [1.82, 2.24) is 0 Å². The molecule has 0 fully saturated rings. The van der Waals surface area contributed by atoms with Crippen molar-refractivity contribution in [2.24, 2.45) is 5.14 Å². The van der Waals surface area contributed by atoms with E-state index in [1.807, 2.05) is 0 Å². The fraction of sp³-hybridized carbons (Fsp3) is 0.250. The van der Waals surface area contributed by atoms with Crippen LogP contribution in [0.15, 0.2) is 23.1 Å². The molecule has 2 N–H and O–H groups in total. The van der Waals surface area contributed by atoms with Gasteiger partial charge in [-0.15, -0.1) is 0 Å². The van der Waals surface area contributed by atoms with Crippen LogP contribution in [0.4, 0.5) is 0 Å². The van der Waals surface area contributed by atoms with E-state index in [1.165, 1.54) is 18.2 Å². The minimum absolute atomic E-state index is 0.0443. The lowest BCUT2D eigenvalue weighted by Crippen LogP contribution is -2.12. The van der Waals surface area contributed by atoms with Crippen molar-refractivity contribution in [2.75, 3.05) is 6.61 Å². The first-order chi connectivity index (χ1) is 6.45. The van der Waals surface area contributed by atoms with Crippen molar-refractivity contribution < 1.29 is 13.5 Å². The van der Waals surface area contributed by atoms with Gasteiger partial charge in [0.15, 0.2) is 0 Å². The molecule has 0 aliphatic carbocycles. The lowest BCUT2D eigenvalue weighted by molar-refractivity contribution is 0.197. The molecular weight excluding hydrogens is 226 g/mol. The van der Waals surface area contributed by atoms with Gasteiger partial charge in [0.2, 0.25) is 10.0 Å². The summed E-state index contributed by atoms with van der Waals surface area (Å²) < 4.78 is 21.8. The Morgan fingerprint density at radius 1 is 1.36 bits per heavy atom. The minimum Gasteiger partial charge on any atom is -0.236 e. The van der Waals surface area contributed by atoms with Crippen molar-refractivity contribution in [3.63, 3.8) is 0 Å².